The Morgan fingerprint density at radius 3 is 2.75 bits per heavy atom. The van der Waals surface area contributed by atoms with Crippen LogP contribution in [0, 0.1) is 5.92 Å². The molecular weight excluding hydrogens is 222 g/mol. The fourth-order valence-electron chi connectivity index (χ4n) is 2.06. The number of rotatable bonds is 5. The molecule has 94 valence electrons. The molecule has 0 radical (unpaired) electrons. The van der Waals surface area contributed by atoms with Crippen LogP contribution in [0.3, 0.4) is 0 Å². The van der Waals surface area contributed by atoms with E-state index < -0.39 is 5.97 Å². The average Bonchev–Trinajstić information content (AvgIpc) is 2.27. The van der Waals surface area contributed by atoms with Gasteiger partial charge in [0.05, 0.1) is 5.92 Å². The number of thioether (sulfide) groups is 1. The molecule has 4 heteroatoms. The lowest BCUT2D eigenvalue weighted by molar-refractivity contribution is -0.143. The molecule has 0 aromatic heterocycles. The van der Waals surface area contributed by atoms with Crippen molar-refractivity contribution in [3.05, 3.63) is 0 Å². The molecule has 0 amide bonds. The fraction of sp³-hybridized carbons (Fsp3) is 0.917. The van der Waals surface area contributed by atoms with Crippen molar-refractivity contribution in [2.24, 2.45) is 5.92 Å². The Balaban J connectivity index is 2.35. The summed E-state index contributed by atoms with van der Waals surface area (Å²) in [6.45, 7) is 5.37. The summed E-state index contributed by atoms with van der Waals surface area (Å²) in [6, 6.07) is 0.390. The smallest absolute Gasteiger partial charge is 0.306 e. The third-order valence-corrected chi connectivity index (χ3v) is 4.64. The van der Waals surface area contributed by atoms with Crippen LogP contribution in [0.15, 0.2) is 0 Å². The van der Waals surface area contributed by atoms with Gasteiger partial charge in [-0.1, -0.05) is 6.42 Å². The summed E-state index contributed by atoms with van der Waals surface area (Å²) < 4.78 is 0.232. The van der Waals surface area contributed by atoms with Crippen LogP contribution in [0.25, 0.3) is 0 Å². The summed E-state index contributed by atoms with van der Waals surface area (Å²) >= 11 is 1.84. The monoisotopic (exact) mass is 245 g/mol. The molecule has 1 aliphatic rings. The summed E-state index contributed by atoms with van der Waals surface area (Å²) in [7, 11) is 0. The summed E-state index contributed by atoms with van der Waals surface area (Å²) in [5, 5.41) is 12.5. The summed E-state index contributed by atoms with van der Waals surface area (Å²) in [5.74, 6) is -0.765. The molecule has 1 fully saturated rings. The Kier molecular flexibility index (Phi) is 5.12. The topological polar surface area (TPSA) is 49.3 Å². The highest BCUT2D eigenvalue weighted by Gasteiger charge is 2.27. The molecule has 1 saturated carbocycles. The highest BCUT2D eigenvalue weighted by Crippen LogP contribution is 2.26. The largest absolute Gasteiger partial charge is 0.481 e. The fourth-order valence-corrected chi connectivity index (χ4v) is 2.29. The zero-order chi connectivity index (χ0) is 12.2. The second-order valence-electron chi connectivity index (χ2n) is 5.24. The van der Waals surface area contributed by atoms with Gasteiger partial charge in [0.1, 0.15) is 0 Å². The zero-order valence-corrected chi connectivity index (χ0v) is 11.3. The van der Waals surface area contributed by atoms with E-state index in [9.17, 15) is 4.79 Å². The predicted octanol–water partition coefficient (Wildman–Crippen LogP) is 2.36. The number of nitrogens with one attached hydrogen (secondary N) is 1. The summed E-state index contributed by atoms with van der Waals surface area (Å²) in [5.41, 5.74) is 0. The van der Waals surface area contributed by atoms with Crippen molar-refractivity contribution in [2.45, 2.75) is 50.3 Å². The predicted molar refractivity (Wildman–Crippen MR) is 69.0 cm³/mol. The van der Waals surface area contributed by atoms with E-state index in [4.69, 9.17) is 5.11 Å². The van der Waals surface area contributed by atoms with Crippen LogP contribution in [-0.4, -0.2) is 34.7 Å². The van der Waals surface area contributed by atoms with Gasteiger partial charge in [-0.3, -0.25) is 4.79 Å². The number of hydrogen-bond donors (Lipinski definition) is 2. The molecule has 3 nitrogen and oxygen atoms in total. The number of carboxylic acids is 1. The molecule has 1 aliphatic carbocycles. The lowest BCUT2D eigenvalue weighted by atomic mass is 9.85. The van der Waals surface area contributed by atoms with Crippen molar-refractivity contribution < 1.29 is 9.90 Å². The van der Waals surface area contributed by atoms with Crippen molar-refractivity contribution in [3.63, 3.8) is 0 Å². The van der Waals surface area contributed by atoms with Gasteiger partial charge < -0.3 is 10.4 Å². The minimum Gasteiger partial charge on any atom is -0.481 e. The van der Waals surface area contributed by atoms with E-state index in [1.807, 2.05) is 11.8 Å². The molecule has 2 N–H and O–H groups in total. The molecule has 2 unspecified atom stereocenters. The van der Waals surface area contributed by atoms with Gasteiger partial charge in [-0.25, -0.2) is 0 Å². The molecule has 0 bridgehead atoms. The summed E-state index contributed by atoms with van der Waals surface area (Å²) in [4.78, 5) is 10.9. The number of carboxylic acid groups (broad SMARTS) is 1. The first kappa shape index (κ1) is 13.8. The molecule has 0 aromatic carbocycles. The number of hydrogen-bond acceptors (Lipinski definition) is 3. The van der Waals surface area contributed by atoms with Gasteiger partial charge in [-0.15, -0.1) is 0 Å². The van der Waals surface area contributed by atoms with Crippen LogP contribution in [0.2, 0.25) is 0 Å². The van der Waals surface area contributed by atoms with Crippen molar-refractivity contribution in [1.29, 1.82) is 0 Å². The van der Waals surface area contributed by atoms with Gasteiger partial charge in [0.25, 0.3) is 0 Å². The number of carbonyl (C=O) groups is 1. The van der Waals surface area contributed by atoms with E-state index in [0.717, 1.165) is 32.2 Å². The average molecular weight is 245 g/mol. The first-order valence-corrected chi connectivity index (χ1v) is 7.18. The first-order chi connectivity index (χ1) is 7.44. The minimum absolute atomic E-state index is 0.136. The van der Waals surface area contributed by atoms with E-state index in [0.29, 0.717) is 6.04 Å². The van der Waals surface area contributed by atoms with Gasteiger partial charge in [0.2, 0.25) is 0 Å². The lowest BCUT2D eigenvalue weighted by Crippen LogP contribution is -2.42. The second kappa shape index (κ2) is 5.92. The minimum atomic E-state index is -0.629. The Bertz CT molecular complexity index is 243. The number of aliphatic carboxylic acids is 1. The van der Waals surface area contributed by atoms with Gasteiger partial charge in [0, 0.05) is 17.3 Å². The molecule has 0 spiro atoms. The van der Waals surface area contributed by atoms with Crippen molar-refractivity contribution in [3.8, 4) is 0 Å². The normalized spacial score (nSPS) is 26.7. The van der Waals surface area contributed by atoms with Crippen LogP contribution in [0.4, 0.5) is 0 Å². The highest BCUT2D eigenvalue weighted by molar-refractivity contribution is 7.99. The molecule has 16 heavy (non-hydrogen) atoms. The van der Waals surface area contributed by atoms with E-state index in [1.165, 1.54) is 0 Å². The second-order valence-corrected chi connectivity index (χ2v) is 6.76. The third kappa shape index (κ3) is 4.34. The molecule has 2 atom stereocenters. The molecule has 1 rings (SSSR count). The standard InChI is InChI=1S/C12H23NO2S/c1-12(2,16-3)8-13-10-6-4-5-9(7-10)11(14)15/h9-10,13H,4-8H2,1-3H3,(H,14,15). The van der Waals surface area contributed by atoms with Crippen molar-refractivity contribution >= 4 is 17.7 Å². The molecule has 0 aliphatic heterocycles. The third-order valence-electron chi connectivity index (χ3n) is 3.39. The maximum absolute atomic E-state index is 10.9. The maximum Gasteiger partial charge on any atom is 0.306 e. The van der Waals surface area contributed by atoms with Crippen molar-refractivity contribution in [2.75, 3.05) is 12.8 Å². The first-order valence-electron chi connectivity index (χ1n) is 5.96. The van der Waals surface area contributed by atoms with E-state index >= 15 is 0 Å². The van der Waals surface area contributed by atoms with Crippen molar-refractivity contribution in [1.82, 2.24) is 5.32 Å². The van der Waals surface area contributed by atoms with E-state index in [2.05, 4.69) is 25.4 Å². The van der Waals surface area contributed by atoms with Gasteiger partial charge in [-0.05, 0) is 39.4 Å². The van der Waals surface area contributed by atoms with E-state index in [1.54, 1.807) is 0 Å². The Labute approximate surface area is 102 Å². The lowest BCUT2D eigenvalue weighted by Gasteiger charge is -2.31. The Hall–Kier alpha value is -0.220. The summed E-state index contributed by atoms with van der Waals surface area (Å²) in [6.07, 6.45) is 5.91. The zero-order valence-electron chi connectivity index (χ0n) is 10.5. The Morgan fingerprint density at radius 2 is 2.19 bits per heavy atom. The van der Waals surface area contributed by atoms with Crippen LogP contribution in [-0.2, 0) is 4.79 Å². The van der Waals surface area contributed by atoms with Gasteiger partial charge in [0.15, 0.2) is 0 Å². The van der Waals surface area contributed by atoms with Gasteiger partial charge >= 0.3 is 5.97 Å². The molecule has 0 aromatic rings. The molecular formula is C12H23NO2S. The van der Waals surface area contributed by atoms with Crippen LogP contribution >= 0.6 is 11.8 Å². The van der Waals surface area contributed by atoms with Gasteiger partial charge in [-0.2, -0.15) is 11.8 Å². The van der Waals surface area contributed by atoms with Crippen LogP contribution < -0.4 is 5.32 Å². The quantitative estimate of drug-likeness (QED) is 0.780. The highest BCUT2D eigenvalue weighted by atomic mass is 32.2. The SMILES string of the molecule is CSC(C)(C)CNC1CCCC(C(=O)O)C1. The van der Waals surface area contributed by atoms with Crippen LogP contribution in [0.1, 0.15) is 39.5 Å². The molecule has 0 saturated heterocycles. The molecule has 0 heterocycles. The van der Waals surface area contributed by atoms with E-state index in [-0.39, 0.29) is 10.7 Å². The Morgan fingerprint density at radius 1 is 1.50 bits per heavy atom. The van der Waals surface area contributed by atoms with Crippen LogP contribution in [0.5, 0.6) is 0 Å². The maximum atomic E-state index is 10.9.